The van der Waals surface area contributed by atoms with Gasteiger partial charge in [-0.25, -0.2) is 0 Å². The molecule has 2 amide bonds. The van der Waals surface area contributed by atoms with Crippen LogP contribution in [0.15, 0.2) is 4.52 Å². The number of aromatic nitrogens is 2. The Balaban J connectivity index is 2.22. The van der Waals surface area contributed by atoms with E-state index in [-0.39, 0.29) is 24.9 Å². The molecule has 1 aliphatic rings. The van der Waals surface area contributed by atoms with E-state index in [0.717, 1.165) is 0 Å². The minimum atomic E-state index is -0.446. The molecule has 0 radical (unpaired) electrons. The molecule has 0 bridgehead atoms. The van der Waals surface area contributed by atoms with Crippen LogP contribution >= 0.6 is 0 Å². The van der Waals surface area contributed by atoms with Crippen molar-refractivity contribution in [3.05, 3.63) is 11.7 Å². The van der Waals surface area contributed by atoms with E-state index in [4.69, 9.17) is 4.52 Å². The van der Waals surface area contributed by atoms with E-state index in [1.54, 1.807) is 16.7 Å². The smallest absolute Gasteiger partial charge is 0.246 e. The summed E-state index contributed by atoms with van der Waals surface area (Å²) in [7, 11) is 0. The molecular formula is C14H22N4O3. The lowest BCUT2D eigenvalue weighted by molar-refractivity contribution is -0.157. The number of likely N-dealkylation sites (N-methyl/N-ethyl adjacent to an activating group) is 1. The molecule has 0 saturated carbocycles. The van der Waals surface area contributed by atoms with Crippen molar-refractivity contribution in [1.82, 2.24) is 19.9 Å². The average molecular weight is 294 g/mol. The molecule has 116 valence electrons. The van der Waals surface area contributed by atoms with E-state index in [1.807, 2.05) is 20.8 Å². The van der Waals surface area contributed by atoms with Crippen molar-refractivity contribution < 1.29 is 14.1 Å². The van der Waals surface area contributed by atoms with Crippen LogP contribution in [0.25, 0.3) is 0 Å². The monoisotopic (exact) mass is 294 g/mol. The molecule has 0 spiro atoms. The second kappa shape index (κ2) is 6.24. The van der Waals surface area contributed by atoms with Crippen molar-refractivity contribution in [3.63, 3.8) is 0 Å². The van der Waals surface area contributed by atoms with E-state index in [9.17, 15) is 9.59 Å². The highest BCUT2D eigenvalue weighted by Crippen LogP contribution is 2.21. The first-order valence-electron chi connectivity index (χ1n) is 7.29. The number of aryl methyl sites for hydroxylation is 1. The van der Waals surface area contributed by atoms with Crippen LogP contribution in [0, 0.1) is 12.8 Å². The molecule has 1 aliphatic heterocycles. The van der Waals surface area contributed by atoms with Crippen molar-refractivity contribution in [1.29, 1.82) is 0 Å². The standard InChI is InChI=1S/C14H22N4O3/c1-5-17-8-13(19)18(7-12-15-10(4)16-21-12)11(14(17)20)6-9(2)3/h9,11H,5-8H2,1-4H3/t11-/m0/s1. The molecule has 0 aliphatic carbocycles. The summed E-state index contributed by atoms with van der Waals surface area (Å²) < 4.78 is 5.08. The lowest BCUT2D eigenvalue weighted by atomic mass is 9.99. The maximum atomic E-state index is 12.5. The van der Waals surface area contributed by atoms with Crippen LogP contribution in [-0.4, -0.2) is 50.9 Å². The minimum absolute atomic E-state index is 0.00189. The van der Waals surface area contributed by atoms with Gasteiger partial charge in [0.1, 0.15) is 12.6 Å². The summed E-state index contributed by atoms with van der Waals surface area (Å²) in [6, 6.07) is -0.446. The summed E-state index contributed by atoms with van der Waals surface area (Å²) in [4.78, 5) is 32.2. The van der Waals surface area contributed by atoms with Crippen molar-refractivity contribution in [2.45, 2.75) is 46.7 Å². The molecule has 1 aromatic heterocycles. The Kier molecular flexibility index (Phi) is 4.59. The average Bonchev–Trinajstić information content (AvgIpc) is 2.82. The zero-order valence-electron chi connectivity index (χ0n) is 13.0. The van der Waals surface area contributed by atoms with E-state index in [1.165, 1.54) is 0 Å². The lowest BCUT2D eigenvalue weighted by Gasteiger charge is -2.40. The van der Waals surface area contributed by atoms with Gasteiger partial charge in [0.05, 0.1) is 6.54 Å². The van der Waals surface area contributed by atoms with Crippen molar-refractivity contribution >= 4 is 11.8 Å². The van der Waals surface area contributed by atoms with Gasteiger partial charge in [0.25, 0.3) is 0 Å². The molecule has 0 unspecified atom stereocenters. The summed E-state index contributed by atoms with van der Waals surface area (Å²) in [5.74, 6) is 1.14. The quantitative estimate of drug-likeness (QED) is 0.809. The fourth-order valence-corrected chi connectivity index (χ4v) is 2.54. The molecule has 7 nitrogen and oxygen atoms in total. The Bertz CT molecular complexity index is 526. The van der Waals surface area contributed by atoms with Gasteiger partial charge in [0, 0.05) is 6.54 Å². The molecule has 21 heavy (non-hydrogen) atoms. The first-order valence-corrected chi connectivity index (χ1v) is 7.29. The van der Waals surface area contributed by atoms with Gasteiger partial charge < -0.3 is 14.3 Å². The molecule has 2 rings (SSSR count). The zero-order chi connectivity index (χ0) is 15.6. The van der Waals surface area contributed by atoms with Gasteiger partial charge >= 0.3 is 0 Å². The second-order valence-electron chi connectivity index (χ2n) is 5.75. The van der Waals surface area contributed by atoms with Gasteiger partial charge in [-0.3, -0.25) is 9.59 Å². The normalized spacial score (nSPS) is 19.8. The number of piperazine rings is 1. The number of nitrogens with zero attached hydrogens (tertiary/aromatic N) is 4. The highest BCUT2D eigenvalue weighted by molar-refractivity contribution is 5.94. The second-order valence-corrected chi connectivity index (χ2v) is 5.75. The van der Waals surface area contributed by atoms with Crippen LogP contribution in [0.3, 0.4) is 0 Å². The third-order valence-corrected chi connectivity index (χ3v) is 3.57. The molecule has 1 saturated heterocycles. The summed E-state index contributed by atoms with van der Waals surface area (Å²) in [5, 5.41) is 3.72. The van der Waals surface area contributed by atoms with Gasteiger partial charge in [-0.15, -0.1) is 0 Å². The van der Waals surface area contributed by atoms with Crippen LogP contribution in [-0.2, 0) is 16.1 Å². The first kappa shape index (κ1) is 15.5. The number of hydrogen-bond acceptors (Lipinski definition) is 5. The van der Waals surface area contributed by atoms with Crippen molar-refractivity contribution in [2.75, 3.05) is 13.1 Å². The van der Waals surface area contributed by atoms with E-state index < -0.39 is 6.04 Å². The third-order valence-electron chi connectivity index (χ3n) is 3.57. The number of carbonyl (C=O) groups excluding carboxylic acids is 2. The maximum Gasteiger partial charge on any atom is 0.246 e. The Labute approximate surface area is 124 Å². The van der Waals surface area contributed by atoms with Crippen LogP contribution in [0.5, 0.6) is 0 Å². The molecule has 0 aromatic carbocycles. The fourth-order valence-electron chi connectivity index (χ4n) is 2.54. The van der Waals surface area contributed by atoms with Gasteiger partial charge in [-0.05, 0) is 26.2 Å². The largest absolute Gasteiger partial charge is 0.337 e. The topological polar surface area (TPSA) is 79.5 Å². The zero-order valence-corrected chi connectivity index (χ0v) is 13.0. The van der Waals surface area contributed by atoms with Gasteiger partial charge in [0.15, 0.2) is 5.82 Å². The van der Waals surface area contributed by atoms with Gasteiger partial charge in [-0.2, -0.15) is 4.98 Å². The van der Waals surface area contributed by atoms with Crippen molar-refractivity contribution in [2.24, 2.45) is 5.92 Å². The number of rotatable bonds is 5. The van der Waals surface area contributed by atoms with Gasteiger partial charge in [0.2, 0.25) is 17.7 Å². The number of hydrogen-bond donors (Lipinski definition) is 0. The Morgan fingerprint density at radius 1 is 1.38 bits per heavy atom. The minimum Gasteiger partial charge on any atom is -0.337 e. The highest BCUT2D eigenvalue weighted by atomic mass is 16.5. The molecule has 2 heterocycles. The molecule has 1 fully saturated rings. The van der Waals surface area contributed by atoms with Gasteiger partial charge in [-0.1, -0.05) is 19.0 Å². The Morgan fingerprint density at radius 2 is 2.10 bits per heavy atom. The van der Waals surface area contributed by atoms with Crippen LogP contribution < -0.4 is 0 Å². The highest BCUT2D eigenvalue weighted by Gasteiger charge is 2.39. The van der Waals surface area contributed by atoms with Crippen LogP contribution in [0.1, 0.15) is 38.9 Å². The summed E-state index contributed by atoms with van der Waals surface area (Å²) >= 11 is 0. The SMILES string of the molecule is CCN1CC(=O)N(Cc2nc(C)no2)[C@@H](CC(C)C)C1=O. The predicted molar refractivity (Wildman–Crippen MR) is 75.1 cm³/mol. The van der Waals surface area contributed by atoms with Crippen LogP contribution in [0.2, 0.25) is 0 Å². The maximum absolute atomic E-state index is 12.5. The lowest BCUT2D eigenvalue weighted by Crippen LogP contribution is -2.59. The van der Waals surface area contributed by atoms with Crippen LogP contribution in [0.4, 0.5) is 0 Å². The summed E-state index contributed by atoms with van der Waals surface area (Å²) in [6.07, 6.45) is 0.633. The predicted octanol–water partition coefficient (Wildman–Crippen LogP) is 0.983. The fraction of sp³-hybridized carbons (Fsp3) is 0.714. The number of amides is 2. The third kappa shape index (κ3) is 3.40. The van der Waals surface area contributed by atoms with E-state index in [2.05, 4.69) is 10.1 Å². The summed E-state index contributed by atoms with van der Waals surface area (Å²) in [6.45, 7) is 8.55. The summed E-state index contributed by atoms with van der Waals surface area (Å²) in [5.41, 5.74) is 0. The van der Waals surface area contributed by atoms with Crippen molar-refractivity contribution in [3.8, 4) is 0 Å². The van der Waals surface area contributed by atoms with E-state index in [0.29, 0.717) is 30.6 Å². The molecule has 7 heteroatoms. The first-order chi connectivity index (χ1) is 9.92. The molecule has 1 atom stereocenters. The molecule has 1 aromatic rings. The Morgan fingerprint density at radius 3 is 2.62 bits per heavy atom. The number of carbonyl (C=O) groups is 2. The molecule has 0 N–H and O–H groups in total. The Hall–Kier alpha value is -1.92. The molecular weight excluding hydrogens is 272 g/mol. The van der Waals surface area contributed by atoms with E-state index >= 15 is 0 Å².